The van der Waals surface area contributed by atoms with E-state index in [-0.39, 0.29) is 17.6 Å². The Morgan fingerprint density at radius 1 is 1.26 bits per heavy atom. The molecule has 1 saturated heterocycles. The van der Waals surface area contributed by atoms with Gasteiger partial charge in [-0.25, -0.2) is 0 Å². The van der Waals surface area contributed by atoms with Crippen molar-refractivity contribution in [3.05, 3.63) is 52.5 Å². The van der Waals surface area contributed by atoms with Gasteiger partial charge < -0.3 is 19.0 Å². The summed E-state index contributed by atoms with van der Waals surface area (Å²) in [5.74, 6) is 0.898. The molecule has 31 heavy (non-hydrogen) atoms. The van der Waals surface area contributed by atoms with Crippen LogP contribution in [0.3, 0.4) is 0 Å². The van der Waals surface area contributed by atoms with Gasteiger partial charge in [0.25, 0.3) is 5.91 Å². The number of carbonyl (C=O) groups excluding carboxylic acids is 1. The molecule has 5 rings (SSSR count). The van der Waals surface area contributed by atoms with Gasteiger partial charge in [0.1, 0.15) is 6.07 Å². The number of hydrogen-bond acceptors (Lipinski definition) is 5. The molecule has 1 unspecified atom stereocenters. The summed E-state index contributed by atoms with van der Waals surface area (Å²) in [6.07, 6.45) is 4.71. The van der Waals surface area contributed by atoms with Crippen LogP contribution in [-0.2, 0) is 17.8 Å². The van der Waals surface area contributed by atoms with Crippen molar-refractivity contribution in [1.82, 2.24) is 4.90 Å². The third kappa shape index (κ3) is 3.61. The summed E-state index contributed by atoms with van der Waals surface area (Å²) in [7, 11) is 0. The van der Waals surface area contributed by atoms with E-state index >= 15 is 0 Å². The minimum absolute atomic E-state index is 0.0260. The molecule has 162 valence electrons. The van der Waals surface area contributed by atoms with E-state index < -0.39 is 0 Å². The number of nitrogens with zero attached hydrogens (tertiary/aromatic N) is 3. The van der Waals surface area contributed by atoms with Crippen LogP contribution in [-0.4, -0.2) is 42.1 Å². The molecular weight excluding hydrogens is 390 g/mol. The molecule has 2 aromatic rings. The quantitative estimate of drug-likeness (QED) is 0.745. The Hall–Kier alpha value is -2.78. The molecule has 2 fully saturated rings. The molecular formula is C25H29N3O3. The van der Waals surface area contributed by atoms with Crippen molar-refractivity contribution in [2.45, 2.75) is 64.2 Å². The molecule has 3 aliphatic rings. The first-order chi connectivity index (χ1) is 14.9. The zero-order chi connectivity index (χ0) is 21.8. The molecule has 0 radical (unpaired) electrons. The van der Waals surface area contributed by atoms with E-state index in [1.165, 1.54) is 35.8 Å². The summed E-state index contributed by atoms with van der Waals surface area (Å²) < 4.78 is 11.4. The van der Waals surface area contributed by atoms with Crippen LogP contribution in [0.25, 0.3) is 0 Å². The van der Waals surface area contributed by atoms with Crippen LogP contribution in [0.5, 0.6) is 0 Å². The number of hydrogen-bond donors (Lipinski definition) is 0. The van der Waals surface area contributed by atoms with Crippen molar-refractivity contribution in [3.63, 3.8) is 0 Å². The summed E-state index contributed by atoms with van der Waals surface area (Å²) in [5, 5.41) is 10.2. The maximum atomic E-state index is 12.8. The van der Waals surface area contributed by atoms with E-state index in [1.807, 2.05) is 4.90 Å². The molecule has 1 aromatic carbocycles. The molecule has 0 spiro atoms. The van der Waals surface area contributed by atoms with Gasteiger partial charge in [0.2, 0.25) is 0 Å². The standard InChI is InChI=1S/C25H29N3O3/c1-16-14-27(8-9-28(16)24(29)23-5-4-10-30-23)22-11-18(17-6-7-17)21-15-31-25(2,3)12-19(21)20(22)13-26/h4-5,10-11,16-17H,6-9,12,14-15H2,1-3H3. The van der Waals surface area contributed by atoms with E-state index in [9.17, 15) is 10.1 Å². The Morgan fingerprint density at radius 3 is 2.71 bits per heavy atom. The molecule has 6 heteroatoms. The number of nitriles is 1. The average Bonchev–Trinajstić information content (AvgIpc) is 3.44. The molecule has 6 nitrogen and oxygen atoms in total. The predicted octanol–water partition coefficient (Wildman–Crippen LogP) is 4.23. The molecule has 2 aliphatic heterocycles. The molecule has 0 bridgehead atoms. The number of anilines is 1. The number of ether oxygens (including phenoxy) is 1. The number of fused-ring (bicyclic) bond motifs is 1. The van der Waals surface area contributed by atoms with Crippen molar-refractivity contribution in [2.75, 3.05) is 24.5 Å². The van der Waals surface area contributed by atoms with Gasteiger partial charge in [-0.3, -0.25) is 4.79 Å². The lowest BCUT2D eigenvalue weighted by atomic mass is 9.84. The Morgan fingerprint density at radius 2 is 2.06 bits per heavy atom. The van der Waals surface area contributed by atoms with Crippen molar-refractivity contribution in [2.24, 2.45) is 0 Å². The summed E-state index contributed by atoms with van der Waals surface area (Å²) in [4.78, 5) is 17.0. The van der Waals surface area contributed by atoms with Gasteiger partial charge in [-0.15, -0.1) is 0 Å². The van der Waals surface area contributed by atoms with Crippen molar-refractivity contribution in [1.29, 1.82) is 5.26 Å². The van der Waals surface area contributed by atoms with E-state index in [4.69, 9.17) is 9.15 Å². The second-order valence-corrected chi connectivity index (χ2v) is 9.70. The van der Waals surface area contributed by atoms with Gasteiger partial charge in [0.05, 0.1) is 29.7 Å². The fourth-order valence-corrected chi connectivity index (χ4v) is 5.05. The summed E-state index contributed by atoms with van der Waals surface area (Å²) in [6, 6.07) is 8.25. The number of piperazine rings is 1. The van der Waals surface area contributed by atoms with Gasteiger partial charge in [0, 0.05) is 32.1 Å². The van der Waals surface area contributed by atoms with Crippen LogP contribution in [0.1, 0.15) is 72.3 Å². The van der Waals surface area contributed by atoms with Gasteiger partial charge >= 0.3 is 0 Å². The normalized spacial score (nSPS) is 22.7. The largest absolute Gasteiger partial charge is 0.459 e. The van der Waals surface area contributed by atoms with Gasteiger partial charge in [-0.2, -0.15) is 5.26 Å². The highest BCUT2D eigenvalue weighted by molar-refractivity contribution is 5.92. The molecule has 0 N–H and O–H groups in total. The van der Waals surface area contributed by atoms with Crippen LogP contribution in [0.15, 0.2) is 28.9 Å². The highest BCUT2D eigenvalue weighted by Crippen LogP contribution is 2.47. The van der Waals surface area contributed by atoms with Crippen molar-refractivity contribution < 1.29 is 13.9 Å². The maximum Gasteiger partial charge on any atom is 0.289 e. The van der Waals surface area contributed by atoms with Crippen molar-refractivity contribution >= 4 is 11.6 Å². The summed E-state index contributed by atoms with van der Waals surface area (Å²) >= 11 is 0. The Labute approximate surface area is 183 Å². The zero-order valence-corrected chi connectivity index (χ0v) is 18.5. The van der Waals surface area contributed by atoms with Crippen LogP contribution in [0.4, 0.5) is 5.69 Å². The molecule has 1 atom stereocenters. The number of amides is 1. The first kappa shape index (κ1) is 20.1. The number of benzene rings is 1. The van der Waals surface area contributed by atoms with Gasteiger partial charge in [-0.1, -0.05) is 0 Å². The fraction of sp³-hybridized carbons (Fsp3) is 0.520. The highest BCUT2D eigenvalue weighted by Gasteiger charge is 2.37. The third-order valence-electron chi connectivity index (χ3n) is 6.86. The smallest absolute Gasteiger partial charge is 0.289 e. The van der Waals surface area contributed by atoms with Gasteiger partial charge in [0.15, 0.2) is 5.76 Å². The topological polar surface area (TPSA) is 69.7 Å². The predicted molar refractivity (Wildman–Crippen MR) is 117 cm³/mol. The fourth-order valence-electron chi connectivity index (χ4n) is 5.05. The first-order valence-electron chi connectivity index (χ1n) is 11.2. The Kier molecular flexibility index (Phi) is 4.82. The summed E-state index contributed by atoms with van der Waals surface area (Å²) in [6.45, 7) is 8.86. The van der Waals surface area contributed by atoms with E-state index in [0.717, 1.165) is 17.7 Å². The summed E-state index contributed by atoms with van der Waals surface area (Å²) in [5.41, 5.74) is 5.31. The molecule has 1 saturated carbocycles. The third-order valence-corrected chi connectivity index (χ3v) is 6.86. The Bertz CT molecular complexity index is 1050. The first-order valence-corrected chi connectivity index (χ1v) is 11.2. The minimum Gasteiger partial charge on any atom is -0.459 e. The van der Waals surface area contributed by atoms with E-state index in [1.54, 1.807) is 12.1 Å². The monoisotopic (exact) mass is 419 g/mol. The number of furan rings is 1. The molecule has 1 aromatic heterocycles. The minimum atomic E-state index is -0.264. The second kappa shape index (κ2) is 7.42. The molecule has 3 heterocycles. The number of rotatable bonds is 3. The zero-order valence-electron chi connectivity index (χ0n) is 18.5. The molecule has 1 aliphatic carbocycles. The SMILES string of the molecule is CC1CN(c2cc(C3CC3)c3c(c2C#N)CC(C)(C)OC3)CCN1C(=O)c1ccco1. The maximum absolute atomic E-state index is 12.8. The van der Waals surface area contributed by atoms with Crippen LogP contribution in [0, 0.1) is 11.3 Å². The average molecular weight is 420 g/mol. The van der Waals surface area contributed by atoms with Crippen LogP contribution < -0.4 is 4.90 Å². The highest BCUT2D eigenvalue weighted by atomic mass is 16.5. The van der Waals surface area contributed by atoms with Crippen LogP contribution in [0.2, 0.25) is 0 Å². The van der Waals surface area contributed by atoms with Crippen LogP contribution >= 0.6 is 0 Å². The van der Waals surface area contributed by atoms with E-state index in [2.05, 4.69) is 37.8 Å². The van der Waals surface area contributed by atoms with Gasteiger partial charge in [-0.05, 0) is 74.4 Å². The van der Waals surface area contributed by atoms with E-state index in [0.29, 0.717) is 37.9 Å². The lowest BCUT2D eigenvalue weighted by Crippen LogP contribution is -2.54. The Balaban J connectivity index is 1.47. The second-order valence-electron chi connectivity index (χ2n) is 9.70. The lowest BCUT2D eigenvalue weighted by molar-refractivity contribution is -0.0405. The number of carbonyl (C=O) groups is 1. The van der Waals surface area contributed by atoms with Crippen molar-refractivity contribution in [3.8, 4) is 6.07 Å². The molecule has 1 amide bonds. The lowest BCUT2D eigenvalue weighted by Gasteiger charge is -2.42.